The summed E-state index contributed by atoms with van der Waals surface area (Å²) in [5, 5.41) is 21.5. The molecule has 0 bridgehead atoms. The van der Waals surface area contributed by atoms with Crippen LogP contribution in [0.5, 0.6) is 0 Å². The van der Waals surface area contributed by atoms with Crippen molar-refractivity contribution in [2.24, 2.45) is 0 Å². The van der Waals surface area contributed by atoms with Gasteiger partial charge in [-0.25, -0.2) is 9.50 Å². The van der Waals surface area contributed by atoms with E-state index in [2.05, 4.69) is 44.8 Å². The smallest absolute Gasteiger partial charge is 0.276 e. The maximum absolute atomic E-state index is 13.1. The molecule has 9 heteroatoms. The zero-order valence-electron chi connectivity index (χ0n) is 20.8. The Balaban J connectivity index is 0.00000141. The molecule has 4 aromatic rings. The normalized spacial score (nSPS) is 14.0. The molecule has 0 aliphatic heterocycles. The number of carbonyl (C=O) groups is 1. The van der Waals surface area contributed by atoms with Gasteiger partial charge in [-0.3, -0.25) is 4.79 Å². The van der Waals surface area contributed by atoms with E-state index in [9.17, 15) is 4.79 Å². The molecule has 1 saturated carbocycles. The summed E-state index contributed by atoms with van der Waals surface area (Å²) in [4.78, 5) is 17.4. The van der Waals surface area contributed by atoms with Gasteiger partial charge < -0.3 is 10.6 Å². The Morgan fingerprint density at radius 1 is 1.09 bits per heavy atom. The van der Waals surface area contributed by atoms with Crippen LogP contribution in [0.3, 0.4) is 0 Å². The van der Waals surface area contributed by atoms with Crippen LogP contribution < -0.4 is 10.6 Å². The standard InChI is InChI=1S/C24H27N7OS.C2H6/c1-15(2)23-28-29-24(33-23)16-7-6-10-18(13-16)27-22(32)19-14-25-21-12-11-20(30-31(19)21)26-17-8-4-3-5-9-17;1-2/h6-7,10-15,17H,3-5,8-9H2,1-2H3,(H,26,30)(H,27,32);1-2H3. The summed E-state index contributed by atoms with van der Waals surface area (Å²) >= 11 is 1.57. The van der Waals surface area contributed by atoms with Crippen LogP contribution in [-0.4, -0.2) is 36.7 Å². The predicted molar refractivity (Wildman–Crippen MR) is 142 cm³/mol. The first-order valence-electron chi connectivity index (χ1n) is 12.4. The quantitative estimate of drug-likeness (QED) is 0.324. The Morgan fingerprint density at radius 2 is 1.89 bits per heavy atom. The summed E-state index contributed by atoms with van der Waals surface area (Å²) in [6.45, 7) is 8.20. The van der Waals surface area contributed by atoms with Crippen molar-refractivity contribution in [1.82, 2.24) is 24.8 Å². The van der Waals surface area contributed by atoms with Gasteiger partial charge in [-0.2, -0.15) is 0 Å². The first kappa shape index (κ1) is 24.8. The van der Waals surface area contributed by atoms with Gasteiger partial charge in [0.25, 0.3) is 5.91 Å². The number of rotatable bonds is 6. The van der Waals surface area contributed by atoms with Crippen molar-refractivity contribution < 1.29 is 4.79 Å². The third-order valence-corrected chi connectivity index (χ3v) is 7.13. The van der Waals surface area contributed by atoms with Crippen LogP contribution in [0.25, 0.3) is 16.2 Å². The number of nitrogens with zero attached hydrogens (tertiary/aromatic N) is 5. The predicted octanol–water partition coefficient (Wildman–Crippen LogP) is 6.39. The lowest BCUT2D eigenvalue weighted by Gasteiger charge is -2.23. The van der Waals surface area contributed by atoms with Gasteiger partial charge in [0.05, 0.1) is 6.20 Å². The molecule has 0 unspecified atom stereocenters. The van der Waals surface area contributed by atoms with Crippen molar-refractivity contribution >= 4 is 34.4 Å². The zero-order valence-corrected chi connectivity index (χ0v) is 21.6. The first-order valence-corrected chi connectivity index (χ1v) is 13.2. The number of carbonyl (C=O) groups excluding carboxylic acids is 1. The van der Waals surface area contributed by atoms with Crippen molar-refractivity contribution in [3.63, 3.8) is 0 Å². The molecule has 3 heterocycles. The van der Waals surface area contributed by atoms with Gasteiger partial charge in [0.15, 0.2) is 11.3 Å². The average Bonchev–Trinajstić information content (AvgIpc) is 3.54. The highest BCUT2D eigenvalue weighted by Gasteiger charge is 2.17. The Kier molecular flexibility index (Phi) is 8.07. The van der Waals surface area contributed by atoms with Gasteiger partial charge >= 0.3 is 0 Å². The lowest BCUT2D eigenvalue weighted by molar-refractivity contribution is 0.102. The Labute approximate surface area is 210 Å². The summed E-state index contributed by atoms with van der Waals surface area (Å²) in [5.41, 5.74) is 2.64. The van der Waals surface area contributed by atoms with Crippen molar-refractivity contribution in [2.75, 3.05) is 10.6 Å². The van der Waals surface area contributed by atoms with Crippen molar-refractivity contribution in [1.29, 1.82) is 0 Å². The van der Waals surface area contributed by atoms with Crippen LogP contribution in [-0.2, 0) is 0 Å². The number of hydrogen-bond donors (Lipinski definition) is 2. The summed E-state index contributed by atoms with van der Waals surface area (Å²) in [5.74, 6) is 0.835. The topological polar surface area (TPSA) is 97.1 Å². The molecule has 1 aliphatic rings. The molecule has 5 rings (SSSR count). The first-order chi connectivity index (χ1) is 17.1. The fourth-order valence-corrected chi connectivity index (χ4v) is 4.91. The van der Waals surface area contributed by atoms with Crippen LogP contribution in [0.15, 0.2) is 42.6 Å². The van der Waals surface area contributed by atoms with Gasteiger partial charge in [-0.05, 0) is 37.1 Å². The highest BCUT2D eigenvalue weighted by molar-refractivity contribution is 7.14. The van der Waals surface area contributed by atoms with E-state index in [0.29, 0.717) is 29.0 Å². The van der Waals surface area contributed by atoms with Crippen LogP contribution in [0.1, 0.15) is 81.2 Å². The highest BCUT2D eigenvalue weighted by atomic mass is 32.1. The third-order valence-electron chi connectivity index (χ3n) is 5.85. The second-order valence-electron chi connectivity index (χ2n) is 8.75. The molecule has 8 nitrogen and oxygen atoms in total. The fraction of sp³-hybridized carbons (Fsp3) is 0.423. The molecule has 1 aliphatic carbocycles. The van der Waals surface area contributed by atoms with E-state index in [1.165, 1.54) is 19.3 Å². The SMILES string of the molecule is CC.CC(C)c1nnc(-c2cccc(NC(=O)c3cnc4ccc(NC5CCCCC5)nn34)c2)s1. The Hall–Kier alpha value is -3.33. The summed E-state index contributed by atoms with van der Waals surface area (Å²) in [7, 11) is 0. The molecule has 0 saturated heterocycles. The van der Waals surface area contributed by atoms with Gasteiger partial charge in [0.2, 0.25) is 0 Å². The van der Waals surface area contributed by atoms with Gasteiger partial charge in [0, 0.05) is 23.2 Å². The van der Waals surface area contributed by atoms with E-state index < -0.39 is 0 Å². The summed E-state index contributed by atoms with van der Waals surface area (Å²) in [6, 6.07) is 11.9. The minimum atomic E-state index is -0.262. The van der Waals surface area contributed by atoms with Crippen LogP contribution >= 0.6 is 11.3 Å². The van der Waals surface area contributed by atoms with E-state index in [1.54, 1.807) is 22.0 Å². The molecular weight excluding hydrogens is 458 g/mol. The summed E-state index contributed by atoms with van der Waals surface area (Å²) in [6.07, 6.45) is 7.66. The lowest BCUT2D eigenvalue weighted by Crippen LogP contribution is -2.23. The number of imidazole rings is 1. The number of benzene rings is 1. The molecule has 2 N–H and O–H groups in total. The van der Waals surface area contributed by atoms with E-state index >= 15 is 0 Å². The number of nitrogens with one attached hydrogen (secondary N) is 2. The Morgan fingerprint density at radius 3 is 2.63 bits per heavy atom. The molecule has 1 aromatic carbocycles. The van der Waals surface area contributed by atoms with E-state index in [4.69, 9.17) is 0 Å². The zero-order chi connectivity index (χ0) is 24.8. The van der Waals surface area contributed by atoms with Crippen molar-refractivity contribution in [3.05, 3.63) is 53.3 Å². The van der Waals surface area contributed by atoms with Crippen molar-refractivity contribution in [3.8, 4) is 10.6 Å². The number of hydrogen-bond acceptors (Lipinski definition) is 7. The van der Waals surface area contributed by atoms with Crippen LogP contribution in [0.2, 0.25) is 0 Å². The molecule has 0 atom stereocenters. The average molecular weight is 492 g/mol. The van der Waals surface area contributed by atoms with E-state index in [-0.39, 0.29) is 5.91 Å². The molecule has 0 radical (unpaired) electrons. The molecule has 35 heavy (non-hydrogen) atoms. The fourth-order valence-electron chi connectivity index (χ4n) is 4.07. The van der Waals surface area contributed by atoms with Gasteiger partial charge in [-0.1, -0.05) is 70.4 Å². The molecule has 1 amide bonds. The maximum atomic E-state index is 13.1. The van der Waals surface area contributed by atoms with Crippen LogP contribution in [0.4, 0.5) is 11.5 Å². The van der Waals surface area contributed by atoms with E-state index in [1.807, 2.05) is 50.2 Å². The van der Waals surface area contributed by atoms with E-state index in [0.717, 1.165) is 34.2 Å². The van der Waals surface area contributed by atoms with Crippen LogP contribution in [0, 0.1) is 0 Å². The maximum Gasteiger partial charge on any atom is 0.276 e. The largest absolute Gasteiger partial charge is 0.366 e. The molecule has 0 spiro atoms. The lowest BCUT2D eigenvalue weighted by atomic mass is 9.95. The number of amides is 1. The highest BCUT2D eigenvalue weighted by Crippen LogP contribution is 2.29. The number of anilines is 2. The van der Waals surface area contributed by atoms with Crippen molar-refractivity contribution in [2.45, 2.75) is 71.8 Å². The molecular formula is C26H33N7OS. The minimum Gasteiger partial charge on any atom is -0.366 e. The van der Waals surface area contributed by atoms with Gasteiger partial charge in [0.1, 0.15) is 15.8 Å². The number of aromatic nitrogens is 5. The number of fused-ring (bicyclic) bond motifs is 1. The second kappa shape index (κ2) is 11.4. The summed E-state index contributed by atoms with van der Waals surface area (Å²) < 4.78 is 1.60. The van der Waals surface area contributed by atoms with Gasteiger partial charge in [-0.15, -0.1) is 15.3 Å². The molecule has 3 aromatic heterocycles. The Bertz CT molecular complexity index is 1270. The third kappa shape index (κ3) is 5.85. The monoisotopic (exact) mass is 491 g/mol. The molecule has 184 valence electrons. The second-order valence-corrected chi connectivity index (χ2v) is 9.76. The molecule has 1 fully saturated rings. The minimum absolute atomic E-state index is 0.262.